The van der Waals surface area contributed by atoms with Gasteiger partial charge in [0.15, 0.2) is 11.5 Å². The molecule has 0 fully saturated rings. The van der Waals surface area contributed by atoms with E-state index in [1.807, 2.05) is 0 Å². The number of benzene rings is 2. The predicted octanol–water partition coefficient (Wildman–Crippen LogP) is 4.38. The van der Waals surface area contributed by atoms with Crippen LogP contribution in [0.3, 0.4) is 0 Å². The highest BCUT2D eigenvalue weighted by Crippen LogP contribution is 2.38. The monoisotopic (exact) mass is 357 g/mol. The first-order valence-corrected chi connectivity index (χ1v) is 7.30. The van der Waals surface area contributed by atoms with Gasteiger partial charge >= 0.3 is 6.18 Å². The standard InChI is InChI=1S/C16H11ClF3NO3/c17-11-7-13-14(24-5-4-23-13)8-12(11)21-15(22)9-2-1-3-10(6-9)16(18,19)20/h1-3,6-8H,4-5H2,(H,21,22). The van der Waals surface area contributed by atoms with Gasteiger partial charge < -0.3 is 14.8 Å². The molecule has 3 rings (SSSR count). The summed E-state index contributed by atoms with van der Waals surface area (Å²) >= 11 is 6.07. The van der Waals surface area contributed by atoms with E-state index < -0.39 is 17.6 Å². The van der Waals surface area contributed by atoms with E-state index in [0.29, 0.717) is 24.7 Å². The van der Waals surface area contributed by atoms with Crippen LogP contribution in [0.5, 0.6) is 11.5 Å². The number of carbonyl (C=O) groups excluding carboxylic acids is 1. The zero-order valence-electron chi connectivity index (χ0n) is 12.1. The predicted molar refractivity (Wildman–Crippen MR) is 81.8 cm³/mol. The minimum absolute atomic E-state index is 0.129. The molecule has 0 aliphatic carbocycles. The normalized spacial score (nSPS) is 13.5. The Labute approximate surface area is 140 Å². The van der Waals surface area contributed by atoms with Gasteiger partial charge in [0.25, 0.3) is 5.91 Å². The van der Waals surface area contributed by atoms with Crippen LogP contribution >= 0.6 is 11.6 Å². The molecule has 8 heteroatoms. The van der Waals surface area contributed by atoms with Crippen LogP contribution in [0.25, 0.3) is 0 Å². The topological polar surface area (TPSA) is 47.6 Å². The summed E-state index contributed by atoms with van der Waals surface area (Å²) in [6.07, 6.45) is -4.52. The lowest BCUT2D eigenvalue weighted by atomic mass is 10.1. The SMILES string of the molecule is O=C(Nc1cc2c(cc1Cl)OCCO2)c1cccc(C(F)(F)F)c1. The van der Waals surface area contributed by atoms with Crippen molar-refractivity contribution in [2.75, 3.05) is 18.5 Å². The molecule has 1 N–H and O–H groups in total. The molecule has 0 aromatic heterocycles. The van der Waals surface area contributed by atoms with Gasteiger partial charge in [0.2, 0.25) is 0 Å². The minimum Gasteiger partial charge on any atom is -0.486 e. The third-order valence-corrected chi connectivity index (χ3v) is 3.64. The molecule has 0 atom stereocenters. The van der Waals surface area contributed by atoms with Crippen LogP contribution in [0.1, 0.15) is 15.9 Å². The lowest BCUT2D eigenvalue weighted by molar-refractivity contribution is -0.137. The van der Waals surface area contributed by atoms with Crippen LogP contribution < -0.4 is 14.8 Å². The molecule has 0 saturated heterocycles. The van der Waals surface area contributed by atoms with Crippen LogP contribution in [0.2, 0.25) is 5.02 Å². The number of hydrogen-bond donors (Lipinski definition) is 1. The van der Waals surface area contributed by atoms with Gasteiger partial charge in [-0.2, -0.15) is 13.2 Å². The molecule has 2 aromatic rings. The molecule has 0 spiro atoms. The van der Waals surface area contributed by atoms with Gasteiger partial charge in [0.1, 0.15) is 13.2 Å². The number of anilines is 1. The Morgan fingerprint density at radius 2 is 1.75 bits per heavy atom. The number of fused-ring (bicyclic) bond motifs is 1. The summed E-state index contributed by atoms with van der Waals surface area (Å²) in [6.45, 7) is 0.745. The highest BCUT2D eigenvalue weighted by atomic mass is 35.5. The summed E-state index contributed by atoms with van der Waals surface area (Å²) < 4.78 is 48.9. The number of halogens is 4. The Morgan fingerprint density at radius 1 is 1.08 bits per heavy atom. The molecule has 1 aliphatic heterocycles. The average molecular weight is 358 g/mol. The van der Waals surface area contributed by atoms with Gasteiger partial charge in [0.05, 0.1) is 16.3 Å². The molecule has 1 amide bonds. The van der Waals surface area contributed by atoms with E-state index in [2.05, 4.69) is 5.32 Å². The van der Waals surface area contributed by atoms with Crippen LogP contribution in [0, 0.1) is 0 Å². The van der Waals surface area contributed by atoms with Gasteiger partial charge in [-0.3, -0.25) is 4.79 Å². The van der Waals surface area contributed by atoms with Crippen molar-refractivity contribution < 1.29 is 27.4 Å². The van der Waals surface area contributed by atoms with Crippen molar-refractivity contribution >= 4 is 23.2 Å². The largest absolute Gasteiger partial charge is 0.486 e. The molecule has 1 aliphatic rings. The number of hydrogen-bond acceptors (Lipinski definition) is 3. The summed E-state index contributed by atoms with van der Waals surface area (Å²) in [5.41, 5.74) is -0.803. The smallest absolute Gasteiger partial charge is 0.416 e. The molecule has 0 radical (unpaired) electrons. The molecule has 0 unspecified atom stereocenters. The molecule has 4 nitrogen and oxygen atoms in total. The summed E-state index contributed by atoms with van der Waals surface area (Å²) in [5.74, 6) is 0.146. The van der Waals surface area contributed by atoms with E-state index >= 15 is 0 Å². The quantitative estimate of drug-likeness (QED) is 0.867. The van der Waals surface area contributed by atoms with Gasteiger partial charge in [-0.15, -0.1) is 0 Å². The Kier molecular flexibility index (Phi) is 4.28. The van der Waals surface area contributed by atoms with Crippen LogP contribution in [0.15, 0.2) is 36.4 Å². The third kappa shape index (κ3) is 3.41. The molecular weight excluding hydrogens is 347 g/mol. The fourth-order valence-electron chi connectivity index (χ4n) is 2.19. The second-order valence-corrected chi connectivity index (χ2v) is 5.42. The molecular formula is C16H11ClF3NO3. The van der Waals surface area contributed by atoms with E-state index in [1.165, 1.54) is 24.3 Å². The van der Waals surface area contributed by atoms with Crippen LogP contribution in [-0.4, -0.2) is 19.1 Å². The Balaban J connectivity index is 1.85. The molecule has 0 bridgehead atoms. The average Bonchev–Trinajstić information content (AvgIpc) is 2.55. The van der Waals surface area contributed by atoms with Crippen molar-refractivity contribution in [2.45, 2.75) is 6.18 Å². The van der Waals surface area contributed by atoms with Crippen molar-refractivity contribution in [1.82, 2.24) is 0 Å². The Hall–Kier alpha value is -2.41. The van der Waals surface area contributed by atoms with Crippen molar-refractivity contribution in [3.05, 3.63) is 52.5 Å². The van der Waals surface area contributed by atoms with Crippen molar-refractivity contribution in [1.29, 1.82) is 0 Å². The van der Waals surface area contributed by atoms with Crippen LogP contribution in [-0.2, 0) is 6.18 Å². The molecule has 1 heterocycles. The fraction of sp³-hybridized carbons (Fsp3) is 0.188. The van der Waals surface area contributed by atoms with Crippen molar-refractivity contribution in [3.8, 4) is 11.5 Å². The first-order chi connectivity index (χ1) is 11.3. The lowest BCUT2D eigenvalue weighted by Gasteiger charge is -2.20. The van der Waals surface area contributed by atoms with E-state index in [-0.39, 0.29) is 16.3 Å². The zero-order chi connectivity index (χ0) is 17.3. The maximum Gasteiger partial charge on any atom is 0.416 e. The summed E-state index contributed by atoms with van der Waals surface area (Å²) in [7, 11) is 0. The maximum absolute atomic E-state index is 12.7. The van der Waals surface area contributed by atoms with Gasteiger partial charge in [-0.05, 0) is 18.2 Å². The van der Waals surface area contributed by atoms with Gasteiger partial charge in [0, 0.05) is 17.7 Å². The van der Waals surface area contributed by atoms with Gasteiger partial charge in [-0.1, -0.05) is 17.7 Å². The Bertz CT molecular complexity index is 793. The number of carbonyl (C=O) groups is 1. The number of ether oxygens (including phenoxy) is 2. The fourth-order valence-corrected chi connectivity index (χ4v) is 2.39. The summed E-state index contributed by atoms with van der Waals surface area (Å²) in [4.78, 5) is 12.2. The first kappa shape index (κ1) is 16.4. The summed E-state index contributed by atoms with van der Waals surface area (Å²) in [6, 6.07) is 7.09. The highest BCUT2D eigenvalue weighted by Gasteiger charge is 2.31. The van der Waals surface area contributed by atoms with E-state index in [4.69, 9.17) is 21.1 Å². The molecule has 2 aromatic carbocycles. The third-order valence-electron chi connectivity index (χ3n) is 3.33. The molecule has 126 valence electrons. The Morgan fingerprint density at radius 3 is 2.42 bits per heavy atom. The number of amides is 1. The van der Waals surface area contributed by atoms with Crippen molar-refractivity contribution in [2.24, 2.45) is 0 Å². The number of rotatable bonds is 2. The molecule has 0 saturated carbocycles. The first-order valence-electron chi connectivity index (χ1n) is 6.92. The van der Waals surface area contributed by atoms with E-state index in [0.717, 1.165) is 12.1 Å². The lowest BCUT2D eigenvalue weighted by Crippen LogP contribution is -2.17. The van der Waals surface area contributed by atoms with Gasteiger partial charge in [-0.25, -0.2) is 0 Å². The van der Waals surface area contributed by atoms with E-state index in [9.17, 15) is 18.0 Å². The molecule has 24 heavy (non-hydrogen) atoms. The minimum atomic E-state index is -4.52. The highest BCUT2D eigenvalue weighted by molar-refractivity contribution is 6.34. The summed E-state index contributed by atoms with van der Waals surface area (Å²) in [5, 5.41) is 2.68. The van der Waals surface area contributed by atoms with Crippen molar-refractivity contribution in [3.63, 3.8) is 0 Å². The zero-order valence-corrected chi connectivity index (χ0v) is 12.9. The van der Waals surface area contributed by atoms with Crippen LogP contribution in [0.4, 0.5) is 18.9 Å². The maximum atomic E-state index is 12.7. The van der Waals surface area contributed by atoms with E-state index in [1.54, 1.807) is 0 Å². The number of alkyl halides is 3. The number of nitrogens with one attached hydrogen (secondary N) is 1. The second kappa shape index (κ2) is 6.24. The second-order valence-electron chi connectivity index (χ2n) is 5.01.